The maximum atomic E-state index is 14.2. The molecule has 1 amide bonds. The Labute approximate surface area is 437 Å². The third-order valence-corrected chi connectivity index (χ3v) is 18.2. The van der Waals surface area contributed by atoms with Crippen LogP contribution in [-0.2, 0) is 24.6 Å². The molecule has 13 nitrogen and oxygen atoms in total. The number of sulfone groups is 1. The standard InChI is InChI=1S/C51H63ClF3N7O6S3.ClH/c1-50(37-61-23-20-56-21-24-61)19-17-46(38-7-11-41(52)12-8-38)40(34-50)35-60-25-27-62(28-26-60)43-13-9-39(10-14-43)49(63)58-71(66,67)45-15-16-47(48(33-45)70(64,65)51(53,54)55)57-42(18-22-59-29-31-68-32-30-59)36-69-44-5-3-2-4-6-44;/h2-16,33,42,56-57H,17-32,34-37H2,1H3,(H,58,63);1H. The van der Waals surface area contributed by atoms with Gasteiger partial charge >= 0.3 is 5.51 Å². The van der Waals surface area contributed by atoms with E-state index in [0.29, 0.717) is 51.1 Å². The molecule has 392 valence electrons. The molecule has 3 heterocycles. The van der Waals surface area contributed by atoms with Crippen molar-refractivity contribution in [2.75, 3.05) is 114 Å². The van der Waals surface area contributed by atoms with Gasteiger partial charge in [-0.1, -0.05) is 54.4 Å². The lowest BCUT2D eigenvalue weighted by Gasteiger charge is -2.43. The second-order valence-corrected chi connectivity index (χ2v) is 24.3. The Hall–Kier alpha value is -3.89. The lowest BCUT2D eigenvalue weighted by molar-refractivity contribution is -0.0435. The van der Waals surface area contributed by atoms with Gasteiger partial charge in [-0.25, -0.2) is 21.6 Å². The third kappa shape index (κ3) is 14.5. The maximum Gasteiger partial charge on any atom is 0.501 e. The van der Waals surface area contributed by atoms with E-state index in [2.05, 4.69) is 49.3 Å². The molecule has 0 saturated carbocycles. The molecule has 0 aromatic heterocycles. The van der Waals surface area contributed by atoms with E-state index in [-0.39, 0.29) is 23.4 Å². The fourth-order valence-electron chi connectivity index (χ4n) is 9.94. The van der Waals surface area contributed by atoms with E-state index in [4.69, 9.17) is 16.3 Å². The van der Waals surface area contributed by atoms with E-state index in [9.17, 15) is 34.8 Å². The van der Waals surface area contributed by atoms with Gasteiger partial charge in [-0.15, -0.1) is 24.2 Å². The predicted molar refractivity (Wildman–Crippen MR) is 283 cm³/mol. The fraction of sp³-hybridized carbons (Fsp3) is 0.471. The highest BCUT2D eigenvalue weighted by Gasteiger charge is 2.48. The number of sulfonamides is 1. The number of halogens is 5. The minimum absolute atomic E-state index is 0. The minimum atomic E-state index is -6.06. The van der Waals surface area contributed by atoms with Crippen LogP contribution in [0.25, 0.3) is 5.57 Å². The van der Waals surface area contributed by atoms with Crippen LogP contribution in [0, 0.1) is 5.41 Å². The second-order valence-electron chi connectivity index (χ2n) is 19.2. The molecule has 0 spiro atoms. The highest BCUT2D eigenvalue weighted by atomic mass is 35.5. The van der Waals surface area contributed by atoms with E-state index in [1.807, 2.05) is 47.2 Å². The third-order valence-electron chi connectivity index (χ3n) is 13.9. The lowest BCUT2D eigenvalue weighted by Crippen LogP contribution is -2.49. The van der Waals surface area contributed by atoms with Gasteiger partial charge in [-0.3, -0.25) is 14.6 Å². The molecule has 8 rings (SSSR count). The van der Waals surface area contributed by atoms with Crippen molar-refractivity contribution in [3.63, 3.8) is 0 Å². The van der Waals surface area contributed by atoms with Gasteiger partial charge in [0.05, 0.1) is 23.8 Å². The number of allylic oxidation sites excluding steroid dienone is 1. The molecule has 0 bridgehead atoms. The first-order chi connectivity index (χ1) is 33.9. The number of hydrogen-bond acceptors (Lipinski definition) is 13. The summed E-state index contributed by atoms with van der Waals surface area (Å²) in [5, 5.41) is 7.19. The smallest absolute Gasteiger partial charge is 0.380 e. The van der Waals surface area contributed by atoms with Gasteiger partial charge in [-0.2, -0.15) is 13.2 Å². The number of alkyl halides is 3. The van der Waals surface area contributed by atoms with Crippen molar-refractivity contribution >= 4 is 78.5 Å². The zero-order valence-electron chi connectivity index (χ0n) is 40.3. The van der Waals surface area contributed by atoms with Crippen molar-refractivity contribution in [2.45, 2.75) is 58.8 Å². The molecule has 72 heavy (non-hydrogen) atoms. The zero-order valence-corrected chi connectivity index (χ0v) is 44.4. The number of thioether (sulfide) groups is 1. The van der Waals surface area contributed by atoms with E-state index in [0.717, 1.165) is 112 Å². The molecule has 3 aliphatic heterocycles. The number of nitrogens with zero attached hydrogens (tertiary/aromatic N) is 4. The van der Waals surface area contributed by atoms with Crippen LogP contribution in [0.4, 0.5) is 24.5 Å². The molecule has 1 aliphatic carbocycles. The van der Waals surface area contributed by atoms with Crippen LogP contribution in [-0.4, -0.2) is 153 Å². The summed E-state index contributed by atoms with van der Waals surface area (Å²) in [5.74, 6) is -0.654. The summed E-state index contributed by atoms with van der Waals surface area (Å²) in [7, 11) is -10.9. The van der Waals surface area contributed by atoms with Gasteiger partial charge in [0, 0.05) is 118 Å². The van der Waals surface area contributed by atoms with Gasteiger partial charge in [0.15, 0.2) is 0 Å². The topological polar surface area (TPSA) is 144 Å². The molecule has 3 N–H and O–H groups in total. The first kappa shape index (κ1) is 55.9. The van der Waals surface area contributed by atoms with Crippen molar-refractivity contribution in [1.29, 1.82) is 0 Å². The maximum absolute atomic E-state index is 14.2. The fourth-order valence-corrected chi connectivity index (χ4v) is 13.1. The van der Waals surface area contributed by atoms with Crippen LogP contribution in [0.1, 0.15) is 48.5 Å². The Morgan fingerprint density at radius 2 is 1.53 bits per heavy atom. The van der Waals surface area contributed by atoms with Crippen molar-refractivity contribution in [3.05, 3.63) is 119 Å². The normalized spacial score (nSPS) is 20.4. The number of carbonyl (C=O) groups excluding carboxylic acids is 1. The van der Waals surface area contributed by atoms with Gasteiger partial charge in [0.1, 0.15) is 4.90 Å². The molecule has 4 aliphatic rings. The molecule has 0 radical (unpaired) electrons. The Morgan fingerprint density at radius 1 is 0.847 bits per heavy atom. The van der Waals surface area contributed by atoms with Crippen LogP contribution in [0.2, 0.25) is 5.02 Å². The molecule has 2 atom stereocenters. The van der Waals surface area contributed by atoms with E-state index >= 15 is 0 Å². The number of carbonyl (C=O) groups is 1. The quantitative estimate of drug-likeness (QED) is 0.0827. The van der Waals surface area contributed by atoms with Crippen molar-refractivity contribution in [2.24, 2.45) is 5.41 Å². The molecule has 3 saturated heterocycles. The zero-order chi connectivity index (χ0) is 50.2. The summed E-state index contributed by atoms with van der Waals surface area (Å²) in [6, 6.07) is 26.0. The number of hydrogen-bond donors (Lipinski definition) is 3. The second kappa shape index (κ2) is 24.6. The van der Waals surface area contributed by atoms with Crippen LogP contribution in [0.3, 0.4) is 0 Å². The number of morpholine rings is 1. The van der Waals surface area contributed by atoms with Crippen LogP contribution >= 0.6 is 35.8 Å². The Kier molecular flexibility index (Phi) is 19.1. The molecule has 4 aromatic rings. The molecule has 4 aromatic carbocycles. The predicted octanol–water partition coefficient (Wildman–Crippen LogP) is 8.14. The largest absolute Gasteiger partial charge is 0.501 e. The van der Waals surface area contributed by atoms with Gasteiger partial charge < -0.3 is 25.2 Å². The highest BCUT2D eigenvalue weighted by Crippen LogP contribution is 2.44. The Bertz CT molecular complexity index is 2710. The van der Waals surface area contributed by atoms with Crippen LogP contribution < -0.4 is 20.3 Å². The highest BCUT2D eigenvalue weighted by molar-refractivity contribution is 7.99. The number of nitrogens with one attached hydrogen (secondary N) is 3. The van der Waals surface area contributed by atoms with Gasteiger partial charge in [0.25, 0.3) is 25.8 Å². The van der Waals surface area contributed by atoms with Gasteiger partial charge in [0.2, 0.25) is 0 Å². The number of benzene rings is 4. The Morgan fingerprint density at radius 3 is 2.19 bits per heavy atom. The average Bonchev–Trinajstić information content (AvgIpc) is 3.36. The van der Waals surface area contributed by atoms with E-state index < -0.39 is 52.8 Å². The van der Waals surface area contributed by atoms with Crippen molar-refractivity contribution in [1.82, 2.24) is 24.7 Å². The molecular weight excluding hydrogens is 1030 g/mol. The summed E-state index contributed by atoms with van der Waals surface area (Å²) in [6.45, 7) is 14.6. The molecule has 2 unspecified atom stereocenters. The molecule has 3 fully saturated rings. The average molecular weight is 1100 g/mol. The number of ether oxygens (including phenoxy) is 1. The van der Waals surface area contributed by atoms with E-state index in [1.54, 1.807) is 12.1 Å². The lowest BCUT2D eigenvalue weighted by atomic mass is 9.71. The summed E-state index contributed by atoms with van der Waals surface area (Å²) < 4.78 is 104. The minimum Gasteiger partial charge on any atom is -0.380 e. The first-order valence-corrected chi connectivity index (χ1v) is 28.5. The summed E-state index contributed by atoms with van der Waals surface area (Å²) in [4.78, 5) is 21.7. The number of rotatable bonds is 18. The first-order valence-electron chi connectivity index (χ1n) is 24.2. The van der Waals surface area contributed by atoms with Gasteiger partial charge in [-0.05, 0) is 109 Å². The van der Waals surface area contributed by atoms with Crippen molar-refractivity contribution < 1.29 is 39.5 Å². The van der Waals surface area contributed by atoms with Crippen molar-refractivity contribution in [3.8, 4) is 0 Å². The van der Waals surface area contributed by atoms with Crippen LogP contribution in [0.15, 0.2) is 117 Å². The summed E-state index contributed by atoms with van der Waals surface area (Å²) in [6.07, 6.45) is 3.60. The Balaban J connectivity index is 0.00000760. The SMILES string of the molecule is CC1(CN2CCNCC2)CCC(c2ccc(Cl)cc2)=C(CN2CCN(c3ccc(C(=O)NS(=O)(=O)c4ccc(NC(CCN5CCOCC5)CSc5ccccc5)c(S(=O)(=O)C(F)(F)F)c4)cc3)CC2)C1.Cl. The summed E-state index contributed by atoms with van der Waals surface area (Å²) >= 11 is 7.74. The van der Waals surface area contributed by atoms with Crippen LogP contribution in [0.5, 0.6) is 0 Å². The monoisotopic (exact) mass is 1090 g/mol. The number of anilines is 2. The summed E-state index contributed by atoms with van der Waals surface area (Å²) in [5.41, 5.74) is -1.02. The van der Waals surface area contributed by atoms with E-state index in [1.165, 1.54) is 40.6 Å². The molecule has 21 heteroatoms. The number of amides is 1. The molecular formula is C51H64Cl2F3N7O6S3. The number of piperazine rings is 2.